The third-order valence-electron chi connectivity index (χ3n) is 2.83. The van der Waals surface area contributed by atoms with Crippen LogP contribution < -0.4 is 4.90 Å². The van der Waals surface area contributed by atoms with Crippen molar-refractivity contribution in [3.63, 3.8) is 0 Å². The molecular formula is C11H15ClN2OS. The van der Waals surface area contributed by atoms with Gasteiger partial charge in [0.2, 0.25) is 0 Å². The Kier molecular flexibility index (Phi) is 3.82. The van der Waals surface area contributed by atoms with Crippen LogP contribution in [-0.4, -0.2) is 33.8 Å². The molecule has 0 saturated carbocycles. The Morgan fingerprint density at radius 2 is 2.12 bits per heavy atom. The highest BCUT2D eigenvalue weighted by molar-refractivity contribution is 7.85. The number of nitrogens with zero attached hydrogens (tertiary/aromatic N) is 2. The normalized spacial score (nSPS) is 17.8. The van der Waals surface area contributed by atoms with Crippen molar-refractivity contribution in [1.82, 2.24) is 4.98 Å². The molecule has 0 N–H and O–H groups in total. The van der Waals surface area contributed by atoms with Gasteiger partial charge in [0, 0.05) is 47.0 Å². The molecule has 2 heterocycles. The molecule has 1 saturated heterocycles. The van der Waals surface area contributed by atoms with Crippen molar-refractivity contribution in [3.8, 4) is 0 Å². The van der Waals surface area contributed by atoms with Crippen LogP contribution in [0.25, 0.3) is 0 Å². The summed E-state index contributed by atoms with van der Waals surface area (Å²) < 4.78 is 11.3. The van der Waals surface area contributed by atoms with E-state index < -0.39 is 10.8 Å². The first-order valence-corrected chi connectivity index (χ1v) is 7.35. The SMILES string of the molecule is Cc1nc(N2CCS(=O)CC2)ccc1CCl. The number of pyridine rings is 1. The van der Waals surface area contributed by atoms with E-state index in [-0.39, 0.29) is 0 Å². The predicted molar refractivity (Wildman–Crippen MR) is 68.6 cm³/mol. The highest BCUT2D eigenvalue weighted by atomic mass is 35.5. The Balaban J connectivity index is 2.15. The minimum Gasteiger partial charge on any atom is -0.355 e. The maximum Gasteiger partial charge on any atom is 0.128 e. The highest BCUT2D eigenvalue weighted by Crippen LogP contribution is 2.17. The Hall–Kier alpha value is -0.610. The summed E-state index contributed by atoms with van der Waals surface area (Å²) in [6.07, 6.45) is 0. The Morgan fingerprint density at radius 1 is 1.44 bits per heavy atom. The zero-order valence-corrected chi connectivity index (χ0v) is 10.9. The second-order valence-corrected chi connectivity index (χ2v) is 5.85. The number of aromatic nitrogens is 1. The molecule has 0 unspecified atom stereocenters. The number of halogens is 1. The summed E-state index contributed by atoms with van der Waals surface area (Å²) >= 11 is 5.80. The van der Waals surface area contributed by atoms with Crippen molar-refractivity contribution < 1.29 is 4.21 Å². The molecule has 1 aliphatic rings. The zero-order valence-electron chi connectivity index (χ0n) is 9.28. The van der Waals surface area contributed by atoms with E-state index in [1.54, 1.807) is 0 Å². The summed E-state index contributed by atoms with van der Waals surface area (Å²) in [5.74, 6) is 2.97. The summed E-state index contributed by atoms with van der Waals surface area (Å²) in [6.45, 7) is 3.64. The molecule has 1 aliphatic heterocycles. The van der Waals surface area contributed by atoms with Crippen LogP contribution in [0.3, 0.4) is 0 Å². The predicted octanol–water partition coefficient (Wildman–Crippen LogP) is 1.70. The molecule has 1 aromatic rings. The fourth-order valence-electron chi connectivity index (χ4n) is 1.76. The molecule has 0 bridgehead atoms. The number of alkyl halides is 1. The smallest absolute Gasteiger partial charge is 0.128 e. The van der Waals surface area contributed by atoms with E-state index in [9.17, 15) is 4.21 Å². The molecule has 5 heteroatoms. The van der Waals surface area contributed by atoms with Crippen molar-refractivity contribution in [3.05, 3.63) is 23.4 Å². The topological polar surface area (TPSA) is 33.2 Å². The minimum absolute atomic E-state index is 0.503. The Morgan fingerprint density at radius 3 is 2.69 bits per heavy atom. The van der Waals surface area contributed by atoms with E-state index in [2.05, 4.69) is 9.88 Å². The van der Waals surface area contributed by atoms with Gasteiger partial charge in [0.05, 0.1) is 0 Å². The summed E-state index contributed by atoms with van der Waals surface area (Å²) in [4.78, 5) is 6.72. The van der Waals surface area contributed by atoms with Gasteiger partial charge < -0.3 is 4.90 Å². The van der Waals surface area contributed by atoms with Crippen LogP contribution in [0.15, 0.2) is 12.1 Å². The van der Waals surface area contributed by atoms with Gasteiger partial charge in [-0.05, 0) is 18.6 Å². The number of hydrogen-bond donors (Lipinski definition) is 0. The van der Waals surface area contributed by atoms with Crippen molar-refractivity contribution in [2.45, 2.75) is 12.8 Å². The van der Waals surface area contributed by atoms with Gasteiger partial charge in [0.1, 0.15) is 5.82 Å². The van der Waals surface area contributed by atoms with E-state index >= 15 is 0 Å². The molecule has 2 rings (SSSR count). The van der Waals surface area contributed by atoms with Crippen LogP contribution in [0.1, 0.15) is 11.3 Å². The van der Waals surface area contributed by atoms with E-state index in [1.165, 1.54) is 0 Å². The van der Waals surface area contributed by atoms with Crippen LogP contribution >= 0.6 is 11.6 Å². The summed E-state index contributed by atoms with van der Waals surface area (Å²) in [5, 5.41) is 0. The number of hydrogen-bond acceptors (Lipinski definition) is 3. The summed E-state index contributed by atoms with van der Waals surface area (Å²) in [7, 11) is -0.637. The first-order valence-electron chi connectivity index (χ1n) is 5.33. The van der Waals surface area contributed by atoms with E-state index in [0.717, 1.165) is 41.7 Å². The molecule has 3 nitrogen and oxygen atoms in total. The molecule has 0 aliphatic carbocycles. The van der Waals surface area contributed by atoms with Gasteiger partial charge in [-0.15, -0.1) is 11.6 Å². The Labute approximate surface area is 103 Å². The van der Waals surface area contributed by atoms with E-state index in [0.29, 0.717) is 5.88 Å². The van der Waals surface area contributed by atoms with Gasteiger partial charge in [0.15, 0.2) is 0 Å². The molecule has 0 aromatic carbocycles. The zero-order chi connectivity index (χ0) is 11.5. The minimum atomic E-state index is -0.637. The van der Waals surface area contributed by atoms with E-state index in [4.69, 9.17) is 11.6 Å². The molecule has 1 fully saturated rings. The van der Waals surface area contributed by atoms with Crippen LogP contribution in [0, 0.1) is 6.92 Å². The third kappa shape index (κ3) is 2.55. The monoisotopic (exact) mass is 258 g/mol. The van der Waals surface area contributed by atoms with Crippen molar-refractivity contribution in [1.29, 1.82) is 0 Å². The summed E-state index contributed by atoms with van der Waals surface area (Å²) in [6, 6.07) is 4.02. The number of rotatable bonds is 2. The second kappa shape index (κ2) is 5.15. The van der Waals surface area contributed by atoms with Crippen LogP contribution in [0.5, 0.6) is 0 Å². The van der Waals surface area contributed by atoms with Crippen LogP contribution in [-0.2, 0) is 16.7 Å². The van der Waals surface area contributed by atoms with Crippen molar-refractivity contribution in [2.24, 2.45) is 0 Å². The molecule has 1 aromatic heterocycles. The van der Waals surface area contributed by atoms with E-state index in [1.807, 2.05) is 19.1 Å². The molecule has 0 amide bonds. The lowest BCUT2D eigenvalue weighted by Gasteiger charge is -2.27. The fraction of sp³-hybridized carbons (Fsp3) is 0.545. The second-order valence-electron chi connectivity index (χ2n) is 3.88. The van der Waals surface area contributed by atoms with Crippen molar-refractivity contribution in [2.75, 3.05) is 29.5 Å². The number of anilines is 1. The lowest BCUT2D eigenvalue weighted by atomic mass is 10.2. The van der Waals surface area contributed by atoms with Gasteiger partial charge in [-0.1, -0.05) is 6.07 Å². The molecule has 16 heavy (non-hydrogen) atoms. The largest absolute Gasteiger partial charge is 0.355 e. The molecular weight excluding hydrogens is 244 g/mol. The average molecular weight is 259 g/mol. The quantitative estimate of drug-likeness (QED) is 0.757. The maximum absolute atomic E-state index is 11.3. The first-order chi connectivity index (χ1) is 7.70. The first kappa shape index (κ1) is 11.9. The average Bonchev–Trinajstić information content (AvgIpc) is 2.30. The lowest BCUT2D eigenvalue weighted by Crippen LogP contribution is -2.38. The molecule has 0 radical (unpaired) electrons. The van der Waals surface area contributed by atoms with Gasteiger partial charge in [-0.3, -0.25) is 4.21 Å². The maximum atomic E-state index is 11.3. The standard InChI is InChI=1S/C11H15ClN2OS/c1-9-10(8-12)2-3-11(13-9)14-4-6-16(15)7-5-14/h2-3H,4-8H2,1H3. The van der Waals surface area contributed by atoms with Gasteiger partial charge in [-0.2, -0.15) is 0 Å². The van der Waals surface area contributed by atoms with Gasteiger partial charge in [0.25, 0.3) is 0 Å². The Bertz CT molecular complexity index is 401. The van der Waals surface area contributed by atoms with Crippen LogP contribution in [0.4, 0.5) is 5.82 Å². The number of aryl methyl sites for hydroxylation is 1. The third-order valence-corrected chi connectivity index (χ3v) is 4.39. The van der Waals surface area contributed by atoms with Crippen LogP contribution in [0.2, 0.25) is 0 Å². The van der Waals surface area contributed by atoms with Gasteiger partial charge in [-0.25, -0.2) is 4.98 Å². The fourth-order valence-corrected chi connectivity index (χ4v) is 3.10. The molecule has 0 spiro atoms. The molecule has 0 atom stereocenters. The van der Waals surface area contributed by atoms with Crippen molar-refractivity contribution >= 4 is 28.2 Å². The highest BCUT2D eigenvalue weighted by Gasteiger charge is 2.16. The lowest BCUT2D eigenvalue weighted by molar-refractivity contribution is 0.672. The van der Waals surface area contributed by atoms with Gasteiger partial charge >= 0.3 is 0 Å². The molecule has 88 valence electrons. The summed E-state index contributed by atoms with van der Waals surface area (Å²) in [5.41, 5.74) is 2.06.